The number of likely N-dealkylation sites (tertiary alicyclic amines) is 1. The van der Waals surface area contributed by atoms with E-state index in [4.69, 9.17) is 15.6 Å². The molecular formula is C22H26N6O4. The lowest BCUT2D eigenvalue weighted by atomic mass is 9.76. The van der Waals surface area contributed by atoms with Gasteiger partial charge in [-0.25, -0.2) is 9.97 Å². The lowest BCUT2D eigenvalue weighted by Gasteiger charge is -2.39. The maximum absolute atomic E-state index is 12.9. The summed E-state index contributed by atoms with van der Waals surface area (Å²) in [5.41, 5.74) is 10.0. The Morgan fingerprint density at radius 2 is 1.97 bits per heavy atom. The van der Waals surface area contributed by atoms with E-state index in [1.165, 1.54) is 0 Å². The number of rotatable bonds is 2. The minimum Gasteiger partial charge on any atom is -0.483 e. The van der Waals surface area contributed by atoms with Gasteiger partial charge >= 0.3 is 0 Å². The first-order chi connectivity index (χ1) is 15.3. The first-order valence-electron chi connectivity index (χ1n) is 10.6. The van der Waals surface area contributed by atoms with Crippen molar-refractivity contribution in [2.24, 2.45) is 0 Å². The lowest BCUT2D eigenvalue weighted by Crippen LogP contribution is -2.45. The average molecular weight is 438 g/mol. The molecule has 2 aliphatic rings. The molecule has 10 nitrogen and oxygen atoms in total. The summed E-state index contributed by atoms with van der Waals surface area (Å²) in [7, 11) is 0. The zero-order valence-electron chi connectivity index (χ0n) is 17.9. The van der Waals surface area contributed by atoms with E-state index in [0.717, 1.165) is 59.4 Å². The number of hydrogen-bond donors (Lipinski definition) is 4. The number of benzene rings is 1. The van der Waals surface area contributed by atoms with Crippen LogP contribution in [0.15, 0.2) is 23.0 Å². The van der Waals surface area contributed by atoms with Crippen molar-refractivity contribution in [3.8, 4) is 0 Å². The van der Waals surface area contributed by atoms with Crippen LogP contribution in [-0.2, 0) is 27.8 Å². The topological polar surface area (TPSA) is 158 Å². The van der Waals surface area contributed by atoms with E-state index in [0.29, 0.717) is 19.5 Å². The zero-order chi connectivity index (χ0) is 22.9. The minimum atomic E-state index is -0.250. The number of anilines is 1. The average Bonchev–Trinajstić information content (AvgIpc) is 3.29. The fourth-order valence-electron chi connectivity index (χ4n) is 4.92. The summed E-state index contributed by atoms with van der Waals surface area (Å²) in [5.74, 6) is 1.18. The largest absolute Gasteiger partial charge is 0.483 e. The number of aromatic nitrogens is 4. The maximum Gasteiger partial charge on any atom is 0.290 e. The van der Waals surface area contributed by atoms with Gasteiger partial charge in [-0.2, -0.15) is 0 Å². The highest BCUT2D eigenvalue weighted by molar-refractivity contribution is 5.82. The summed E-state index contributed by atoms with van der Waals surface area (Å²) >= 11 is 0. The molecule has 1 aliphatic carbocycles. The van der Waals surface area contributed by atoms with Gasteiger partial charge in [0.15, 0.2) is 0 Å². The molecule has 1 amide bonds. The Bertz CT molecular complexity index is 1220. The predicted octanol–water partition coefficient (Wildman–Crippen LogP) is 1.29. The number of amides is 1. The molecule has 10 heteroatoms. The zero-order valence-corrected chi connectivity index (χ0v) is 17.9. The fourth-order valence-corrected chi connectivity index (χ4v) is 4.92. The molecule has 1 aromatic carbocycles. The number of fused-ring (bicyclic) bond motifs is 3. The monoisotopic (exact) mass is 438 g/mol. The van der Waals surface area contributed by atoms with E-state index in [1.54, 1.807) is 0 Å². The Morgan fingerprint density at radius 1 is 1.25 bits per heavy atom. The van der Waals surface area contributed by atoms with Gasteiger partial charge in [0.25, 0.3) is 12.0 Å². The normalized spacial score (nSPS) is 16.5. The van der Waals surface area contributed by atoms with Crippen molar-refractivity contribution >= 4 is 29.4 Å². The van der Waals surface area contributed by atoms with Crippen LogP contribution in [0.25, 0.3) is 11.0 Å². The molecule has 32 heavy (non-hydrogen) atoms. The summed E-state index contributed by atoms with van der Waals surface area (Å²) in [4.78, 5) is 50.0. The highest BCUT2D eigenvalue weighted by atomic mass is 16.3. The van der Waals surface area contributed by atoms with Gasteiger partial charge < -0.3 is 20.7 Å². The molecule has 1 aliphatic heterocycles. The number of nitrogens with zero attached hydrogens (tertiary/aromatic N) is 3. The Labute approximate surface area is 183 Å². The number of carboxylic acid groups (broad SMARTS) is 1. The molecule has 1 spiro atoms. The highest BCUT2D eigenvalue weighted by Crippen LogP contribution is 2.44. The molecule has 3 heterocycles. The maximum atomic E-state index is 12.9. The molecule has 3 aromatic rings. The molecule has 5 rings (SSSR count). The van der Waals surface area contributed by atoms with Gasteiger partial charge in [-0.15, -0.1) is 0 Å². The first kappa shape index (κ1) is 21.5. The third-order valence-corrected chi connectivity index (χ3v) is 6.48. The smallest absolute Gasteiger partial charge is 0.290 e. The van der Waals surface area contributed by atoms with Crippen LogP contribution in [0.3, 0.4) is 0 Å². The van der Waals surface area contributed by atoms with Crippen molar-refractivity contribution < 1.29 is 14.7 Å². The number of aromatic amines is 2. The number of nitrogen functional groups attached to an aromatic ring is 1. The number of carbonyl (C=O) groups is 2. The lowest BCUT2D eigenvalue weighted by molar-refractivity contribution is -0.132. The van der Waals surface area contributed by atoms with Crippen molar-refractivity contribution in [3.05, 3.63) is 51.2 Å². The molecule has 1 fully saturated rings. The van der Waals surface area contributed by atoms with Gasteiger partial charge in [0.2, 0.25) is 11.9 Å². The molecule has 168 valence electrons. The second-order valence-electron chi connectivity index (χ2n) is 8.40. The fraction of sp³-hybridized carbons (Fsp3) is 0.409. The van der Waals surface area contributed by atoms with Crippen LogP contribution in [0.5, 0.6) is 0 Å². The number of carbonyl (C=O) groups excluding carboxylic acids is 1. The van der Waals surface area contributed by atoms with Crippen molar-refractivity contribution in [3.63, 3.8) is 0 Å². The second-order valence-corrected chi connectivity index (χ2v) is 8.40. The summed E-state index contributed by atoms with van der Waals surface area (Å²) in [6, 6.07) is 5.93. The summed E-state index contributed by atoms with van der Waals surface area (Å²) < 4.78 is 0. The Morgan fingerprint density at radius 3 is 2.69 bits per heavy atom. The number of piperidine rings is 1. The molecule has 1 saturated heterocycles. The third-order valence-electron chi connectivity index (χ3n) is 6.48. The molecule has 0 bridgehead atoms. The van der Waals surface area contributed by atoms with Crippen LogP contribution < -0.4 is 11.3 Å². The van der Waals surface area contributed by atoms with Crippen LogP contribution in [0, 0.1) is 6.92 Å². The third kappa shape index (κ3) is 3.95. The molecule has 2 aromatic heterocycles. The Balaban J connectivity index is 0.000000775. The molecule has 0 saturated carbocycles. The number of nitrogens with two attached hydrogens (primary N) is 1. The van der Waals surface area contributed by atoms with Crippen LogP contribution in [0.1, 0.15) is 41.9 Å². The number of hydrogen-bond acceptors (Lipinski definition) is 6. The predicted molar refractivity (Wildman–Crippen MR) is 118 cm³/mol. The molecular weight excluding hydrogens is 412 g/mol. The number of aryl methyl sites for hydroxylation is 1. The SMILES string of the molecule is Cc1nc2ccc(CC(=O)N3CCC4(CCc5c4nc(N)[nH]c5=O)CC3)cc2[nH]1.O=CO. The second kappa shape index (κ2) is 8.45. The van der Waals surface area contributed by atoms with Crippen LogP contribution >= 0.6 is 0 Å². The molecule has 0 unspecified atom stereocenters. The summed E-state index contributed by atoms with van der Waals surface area (Å²) in [5, 5.41) is 6.89. The van der Waals surface area contributed by atoms with E-state index >= 15 is 0 Å². The van der Waals surface area contributed by atoms with Crippen molar-refractivity contribution in [2.45, 2.75) is 44.4 Å². The summed E-state index contributed by atoms with van der Waals surface area (Å²) in [6.07, 6.45) is 3.65. The van der Waals surface area contributed by atoms with Gasteiger partial charge in [0, 0.05) is 24.1 Å². The highest BCUT2D eigenvalue weighted by Gasteiger charge is 2.44. The van der Waals surface area contributed by atoms with Crippen LogP contribution in [0.2, 0.25) is 0 Å². The van der Waals surface area contributed by atoms with E-state index in [-0.39, 0.29) is 29.3 Å². The van der Waals surface area contributed by atoms with E-state index in [1.807, 2.05) is 30.0 Å². The van der Waals surface area contributed by atoms with Crippen molar-refractivity contribution in [2.75, 3.05) is 18.8 Å². The van der Waals surface area contributed by atoms with Gasteiger partial charge in [-0.3, -0.25) is 19.4 Å². The van der Waals surface area contributed by atoms with Crippen LogP contribution in [0.4, 0.5) is 5.95 Å². The standard InChI is InChI=1S/C21H24N6O2.CH2O2/c1-12-23-15-3-2-13(10-16(15)24-12)11-17(28)27-8-6-21(7-9-27)5-4-14-18(21)25-20(22)26-19(14)29;2-1-3/h2-3,10H,4-9,11H2,1H3,(H,23,24)(H3,22,25,26,29);1H,(H,2,3). The van der Waals surface area contributed by atoms with Gasteiger partial charge in [0.1, 0.15) is 5.82 Å². The molecule has 5 N–H and O–H groups in total. The number of nitrogens with one attached hydrogen (secondary N) is 2. The molecule has 0 radical (unpaired) electrons. The van der Waals surface area contributed by atoms with Gasteiger partial charge in [-0.1, -0.05) is 6.07 Å². The minimum absolute atomic E-state index is 0.118. The molecule has 0 atom stereocenters. The van der Waals surface area contributed by atoms with E-state index < -0.39 is 0 Å². The Hall–Kier alpha value is -3.69. The van der Waals surface area contributed by atoms with Crippen molar-refractivity contribution in [1.29, 1.82) is 0 Å². The number of H-pyrrole nitrogens is 2. The van der Waals surface area contributed by atoms with Gasteiger partial charge in [-0.05, 0) is 50.3 Å². The van der Waals surface area contributed by atoms with Crippen molar-refractivity contribution in [1.82, 2.24) is 24.8 Å². The first-order valence-corrected chi connectivity index (χ1v) is 10.6. The van der Waals surface area contributed by atoms with E-state index in [9.17, 15) is 9.59 Å². The van der Waals surface area contributed by atoms with E-state index in [2.05, 4.69) is 19.9 Å². The quantitative estimate of drug-likeness (QED) is 0.439. The number of imidazole rings is 1. The van der Waals surface area contributed by atoms with Crippen LogP contribution in [-0.4, -0.2) is 55.4 Å². The van der Waals surface area contributed by atoms with Gasteiger partial charge in [0.05, 0.1) is 23.1 Å². The Kier molecular flexibility index (Phi) is 5.68. The summed E-state index contributed by atoms with van der Waals surface area (Å²) in [6.45, 7) is 3.03.